The molecule has 2 fully saturated rings. The average molecular weight is 380 g/mol. The fourth-order valence-corrected chi connectivity index (χ4v) is 4.54. The van der Waals surface area contributed by atoms with E-state index >= 15 is 0 Å². The molecule has 5 nitrogen and oxygen atoms in total. The van der Waals surface area contributed by atoms with Gasteiger partial charge < -0.3 is 14.8 Å². The molecule has 2 aliphatic heterocycles. The van der Waals surface area contributed by atoms with Crippen molar-refractivity contribution in [1.29, 1.82) is 0 Å². The smallest absolute Gasteiger partial charge is 0.246 e. The van der Waals surface area contributed by atoms with Gasteiger partial charge in [0, 0.05) is 19.6 Å². The highest BCUT2D eigenvalue weighted by Gasteiger charge is 2.48. The zero-order chi connectivity index (χ0) is 19.7. The topological polar surface area (TPSA) is 50.8 Å². The van der Waals surface area contributed by atoms with Gasteiger partial charge in [-0.3, -0.25) is 9.69 Å². The Morgan fingerprint density at radius 2 is 2.00 bits per heavy atom. The number of carbonyl (C=O) groups is 1. The molecule has 4 rings (SSSR count). The van der Waals surface area contributed by atoms with Gasteiger partial charge in [-0.05, 0) is 48.6 Å². The second-order valence-electron chi connectivity index (χ2n) is 7.92. The largest absolute Gasteiger partial charge is 0.496 e. The number of amides is 1. The first-order chi connectivity index (χ1) is 13.5. The minimum absolute atomic E-state index is 0.0322. The van der Waals surface area contributed by atoms with Crippen LogP contribution in [0.25, 0.3) is 0 Å². The molecule has 2 aromatic rings. The lowest BCUT2D eigenvalue weighted by Gasteiger charge is -2.50. The molecule has 2 atom stereocenters. The van der Waals surface area contributed by atoms with Gasteiger partial charge in [-0.15, -0.1) is 0 Å². The molecule has 2 aromatic carbocycles. The molecule has 2 aliphatic rings. The Morgan fingerprint density at radius 1 is 1.21 bits per heavy atom. The summed E-state index contributed by atoms with van der Waals surface area (Å²) in [5, 5.41) is 3.26. The van der Waals surface area contributed by atoms with E-state index in [1.54, 1.807) is 7.11 Å². The van der Waals surface area contributed by atoms with Crippen molar-refractivity contribution in [3.8, 4) is 5.75 Å². The van der Waals surface area contributed by atoms with E-state index in [-0.39, 0.29) is 18.6 Å². The van der Waals surface area contributed by atoms with E-state index in [9.17, 15) is 4.79 Å². The molecule has 0 unspecified atom stereocenters. The summed E-state index contributed by atoms with van der Waals surface area (Å²) in [4.78, 5) is 14.6. The summed E-state index contributed by atoms with van der Waals surface area (Å²) < 4.78 is 11.5. The van der Waals surface area contributed by atoms with Crippen LogP contribution in [0.1, 0.15) is 28.7 Å². The number of aryl methyl sites for hydroxylation is 2. The highest BCUT2D eigenvalue weighted by molar-refractivity contribution is 5.79. The number of benzene rings is 2. The Morgan fingerprint density at radius 3 is 2.75 bits per heavy atom. The Kier molecular flexibility index (Phi) is 5.13. The number of piperidine rings is 1. The van der Waals surface area contributed by atoms with Crippen molar-refractivity contribution < 1.29 is 14.3 Å². The molecule has 0 aliphatic carbocycles. The number of hydrogen-bond acceptors (Lipinski definition) is 4. The van der Waals surface area contributed by atoms with Crippen molar-refractivity contribution in [3.63, 3.8) is 0 Å². The van der Waals surface area contributed by atoms with Gasteiger partial charge in [0.05, 0.1) is 18.8 Å². The van der Waals surface area contributed by atoms with Crippen LogP contribution < -0.4 is 10.1 Å². The molecule has 0 spiro atoms. The van der Waals surface area contributed by atoms with E-state index in [1.165, 1.54) is 11.1 Å². The van der Waals surface area contributed by atoms with Crippen LogP contribution >= 0.6 is 0 Å². The number of nitrogens with zero attached hydrogens (tertiary/aromatic N) is 1. The first-order valence-corrected chi connectivity index (χ1v) is 9.86. The van der Waals surface area contributed by atoms with Gasteiger partial charge in [-0.2, -0.15) is 0 Å². The number of rotatable bonds is 4. The number of fused-ring (bicyclic) bond motifs is 1. The molecule has 0 bridgehead atoms. The Balaban J connectivity index is 1.56. The predicted molar refractivity (Wildman–Crippen MR) is 108 cm³/mol. The van der Waals surface area contributed by atoms with E-state index in [1.807, 2.05) is 18.2 Å². The molecule has 0 aromatic heterocycles. The Labute approximate surface area is 166 Å². The van der Waals surface area contributed by atoms with E-state index in [0.29, 0.717) is 0 Å². The third-order valence-corrected chi connectivity index (χ3v) is 6.11. The maximum atomic E-state index is 12.1. The summed E-state index contributed by atoms with van der Waals surface area (Å²) >= 11 is 0. The number of methoxy groups -OCH3 is 1. The summed E-state index contributed by atoms with van der Waals surface area (Å²) in [6.45, 7) is 6.91. The summed E-state index contributed by atoms with van der Waals surface area (Å²) in [6.07, 6.45) is 0.780. The standard InChI is InChI=1S/C23H28N2O3/c1-16-12-20(27-3)17(2)11-18(16)13-25-10-9-23(19-7-5-4-6-8-19)21(14-25)28-15-22(26)24-23/h4-8,11-12,21H,9-10,13-15H2,1-3H3,(H,24,26)/t21-,23+/m1/s1. The first kappa shape index (κ1) is 19.0. The van der Waals surface area contributed by atoms with Crippen LogP contribution in [0.5, 0.6) is 5.75 Å². The van der Waals surface area contributed by atoms with Gasteiger partial charge in [0.15, 0.2) is 0 Å². The average Bonchev–Trinajstić information content (AvgIpc) is 2.71. The molecule has 148 valence electrons. The van der Waals surface area contributed by atoms with Crippen LogP contribution in [0.3, 0.4) is 0 Å². The lowest BCUT2D eigenvalue weighted by Crippen LogP contribution is -2.66. The molecule has 5 heteroatoms. The van der Waals surface area contributed by atoms with E-state index in [0.717, 1.165) is 42.9 Å². The summed E-state index contributed by atoms with van der Waals surface area (Å²) in [5.74, 6) is 0.900. The van der Waals surface area contributed by atoms with Gasteiger partial charge in [0.1, 0.15) is 12.4 Å². The van der Waals surface area contributed by atoms with Crippen molar-refractivity contribution in [2.75, 3.05) is 26.8 Å². The van der Waals surface area contributed by atoms with Gasteiger partial charge in [-0.1, -0.05) is 36.4 Å². The third kappa shape index (κ3) is 3.40. The van der Waals surface area contributed by atoms with E-state index in [2.05, 4.69) is 48.3 Å². The number of hydrogen-bond donors (Lipinski definition) is 1. The van der Waals surface area contributed by atoms with Crippen LogP contribution in [0.2, 0.25) is 0 Å². The summed E-state index contributed by atoms with van der Waals surface area (Å²) in [5.41, 5.74) is 4.40. The SMILES string of the molecule is COc1cc(C)c(CN2CC[C@@]3(c4ccccc4)NC(=O)CO[C@@H]3C2)cc1C. The van der Waals surface area contributed by atoms with Crippen LogP contribution in [-0.2, 0) is 21.6 Å². The van der Waals surface area contributed by atoms with Crippen LogP contribution in [-0.4, -0.2) is 43.7 Å². The maximum Gasteiger partial charge on any atom is 0.246 e. The molecular weight excluding hydrogens is 352 g/mol. The summed E-state index contributed by atoms with van der Waals surface area (Å²) in [6, 6.07) is 14.6. The predicted octanol–water partition coefficient (Wildman–Crippen LogP) is 2.93. The number of nitrogens with one attached hydrogen (secondary N) is 1. The van der Waals surface area contributed by atoms with Crippen molar-refractivity contribution >= 4 is 5.91 Å². The minimum atomic E-state index is -0.433. The lowest BCUT2D eigenvalue weighted by molar-refractivity contribution is -0.152. The normalized spacial score (nSPS) is 25.1. The molecular formula is C23H28N2O3. The van der Waals surface area contributed by atoms with Gasteiger partial charge in [-0.25, -0.2) is 0 Å². The summed E-state index contributed by atoms with van der Waals surface area (Å²) in [7, 11) is 1.71. The zero-order valence-electron chi connectivity index (χ0n) is 16.8. The van der Waals surface area contributed by atoms with Crippen LogP contribution in [0.4, 0.5) is 0 Å². The molecule has 1 amide bonds. The Hall–Kier alpha value is -2.37. The molecule has 28 heavy (non-hydrogen) atoms. The maximum absolute atomic E-state index is 12.1. The lowest BCUT2D eigenvalue weighted by atomic mass is 9.77. The molecule has 0 radical (unpaired) electrons. The second kappa shape index (κ2) is 7.57. The number of morpholine rings is 1. The van der Waals surface area contributed by atoms with Crippen molar-refractivity contribution in [1.82, 2.24) is 10.2 Å². The first-order valence-electron chi connectivity index (χ1n) is 9.86. The van der Waals surface area contributed by atoms with Gasteiger partial charge in [0.25, 0.3) is 0 Å². The van der Waals surface area contributed by atoms with Crippen LogP contribution in [0, 0.1) is 13.8 Å². The Bertz CT molecular complexity index is 868. The number of ether oxygens (including phenoxy) is 2. The van der Waals surface area contributed by atoms with Gasteiger partial charge >= 0.3 is 0 Å². The fraction of sp³-hybridized carbons (Fsp3) is 0.435. The van der Waals surface area contributed by atoms with E-state index < -0.39 is 5.54 Å². The monoisotopic (exact) mass is 380 g/mol. The third-order valence-electron chi connectivity index (χ3n) is 6.11. The highest BCUT2D eigenvalue weighted by Crippen LogP contribution is 2.37. The highest BCUT2D eigenvalue weighted by atomic mass is 16.5. The van der Waals surface area contributed by atoms with Crippen molar-refractivity contribution in [2.45, 2.75) is 38.5 Å². The second-order valence-corrected chi connectivity index (χ2v) is 7.92. The van der Waals surface area contributed by atoms with Crippen molar-refractivity contribution in [2.24, 2.45) is 0 Å². The quantitative estimate of drug-likeness (QED) is 0.886. The van der Waals surface area contributed by atoms with Gasteiger partial charge in [0.2, 0.25) is 5.91 Å². The number of likely N-dealkylation sites (tertiary alicyclic amines) is 1. The molecule has 2 saturated heterocycles. The van der Waals surface area contributed by atoms with E-state index in [4.69, 9.17) is 9.47 Å². The van der Waals surface area contributed by atoms with Crippen molar-refractivity contribution in [3.05, 3.63) is 64.7 Å². The fourth-order valence-electron chi connectivity index (χ4n) is 4.54. The molecule has 0 saturated carbocycles. The molecule has 2 heterocycles. The van der Waals surface area contributed by atoms with Crippen LogP contribution in [0.15, 0.2) is 42.5 Å². The molecule has 1 N–H and O–H groups in total. The number of carbonyl (C=O) groups excluding carboxylic acids is 1. The minimum Gasteiger partial charge on any atom is -0.496 e. The zero-order valence-corrected chi connectivity index (χ0v) is 16.8.